The Balaban J connectivity index is 1.40. The predicted molar refractivity (Wildman–Crippen MR) is 215 cm³/mol. The lowest BCUT2D eigenvalue weighted by molar-refractivity contribution is 1.58. The van der Waals surface area contributed by atoms with Crippen molar-refractivity contribution < 1.29 is 0 Å². The van der Waals surface area contributed by atoms with Crippen LogP contribution in [0.2, 0.25) is 0 Å². The van der Waals surface area contributed by atoms with E-state index in [1.807, 2.05) is 0 Å². The minimum atomic E-state index is -0.678. The van der Waals surface area contributed by atoms with Gasteiger partial charge >= 0.3 is 0 Å². The van der Waals surface area contributed by atoms with Gasteiger partial charge in [0.1, 0.15) is 0 Å². The van der Waals surface area contributed by atoms with Crippen LogP contribution in [-0.4, -0.2) is 9.52 Å². The van der Waals surface area contributed by atoms with Crippen LogP contribution in [-0.2, 0) is 0 Å². The molecule has 0 aromatic heterocycles. The van der Waals surface area contributed by atoms with E-state index >= 15 is 0 Å². The Morgan fingerprint density at radius 1 is 0.265 bits per heavy atom. The zero-order valence-corrected chi connectivity index (χ0v) is 28.6. The van der Waals surface area contributed by atoms with Gasteiger partial charge in [0.15, 0.2) is 0 Å². The molecule has 0 amide bonds. The number of hydrogen-bond donors (Lipinski definition) is 0. The summed E-state index contributed by atoms with van der Waals surface area (Å²) in [5.41, 5.74) is 10.0. The topological polar surface area (TPSA) is 0 Å². The third-order valence-electron chi connectivity index (χ3n) is 9.83. The first-order chi connectivity index (χ1) is 24.3. The van der Waals surface area contributed by atoms with Crippen molar-refractivity contribution in [1.29, 1.82) is 0 Å². The standard InChI is InChI=1S/C48H34Si/c1-4-15-33(16-5-1)36-29-37(34-17-6-2-7-18-34)31-38(30-36)47-43-24-12-13-25-44(43)48(42-26-14-20-35-19-10-11-23-41(35)42)45-28-27-40(32-46(45)47)49-39-21-8-3-9-22-39/h1-32H,49H2. The molecule has 0 aliphatic rings. The van der Waals surface area contributed by atoms with Gasteiger partial charge in [0.05, 0.1) is 9.52 Å². The van der Waals surface area contributed by atoms with Crippen molar-refractivity contribution in [3.8, 4) is 44.5 Å². The van der Waals surface area contributed by atoms with Crippen molar-refractivity contribution in [3.63, 3.8) is 0 Å². The molecule has 0 N–H and O–H groups in total. The molecule has 49 heavy (non-hydrogen) atoms. The van der Waals surface area contributed by atoms with E-state index in [-0.39, 0.29) is 0 Å². The summed E-state index contributed by atoms with van der Waals surface area (Å²) in [5, 5.41) is 10.6. The molecule has 9 aromatic rings. The summed E-state index contributed by atoms with van der Waals surface area (Å²) in [7, 11) is -0.678. The normalized spacial score (nSPS) is 11.6. The number of rotatable bonds is 6. The molecule has 0 aliphatic heterocycles. The molecule has 0 saturated carbocycles. The molecule has 0 bridgehead atoms. The number of fused-ring (bicyclic) bond motifs is 3. The lowest BCUT2D eigenvalue weighted by atomic mass is 9.83. The Labute approximate surface area is 289 Å². The van der Waals surface area contributed by atoms with E-state index in [0.717, 1.165) is 0 Å². The van der Waals surface area contributed by atoms with Crippen molar-refractivity contribution in [1.82, 2.24) is 0 Å². The summed E-state index contributed by atoms with van der Waals surface area (Å²) in [6.07, 6.45) is 0. The molecule has 9 rings (SSSR count). The minimum Gasteiger partial charge on any atom is -0.0633 e. The van der Waals surface area contributed by atoms with Gasteiger partial charge in [-0.05, 0) is 95.0 Å². The minimum absolute atomic E-state index is 0.678. The van der Waals surface area contributed by atoms with Gasteiger partial charge in [-0.2, -0.15) is 0 Å². The zero-order valence-electron chi connectivity index (χ0n) is 27.2. The number of benzene rings is 9. The highest BCUT2D eigenvalue weighted by molar-refractivity contribution is 6.67. The first kappa shape index (κ1) is 29.1. The van der Waals surface area contributed by atoms with Crippen LogP contribution in [0, 0.1) is 0 Å². The molecule has 0 heterocycles. The van der Waals surface area contributed by atoms with Crippen LogP contribution < -0.4 is 10.4 Å². The SMILES string of the molecule is c1ccc([SiH2]c2ccc3c(-c4cccc5ccccc45)c4ccccc4c(-c4cc(-c5ccccc5)cc(-c5ccccc5)c4)c3c2)cc1. The monoisotopic (exact) mass is 638 g/mol. The van der Waals surface area contributed by atoms with E-state index in [9.17, 15) is 0 Å². The van der Waals surface area contributed by atoms with Gasteiger partial charge < -0.3 is 0 Å². The first-order valence-corrected chi connectivity index (χ1v) is 18.5. The van der Waals surface area contributed by atoms with E-state index in [0.29, 0.717) is 0 Å². The second-order valence-corrected chi connectivity index (χ2v) is 14.9. The molecular formula is C48H34Si. The Hall–Kier alpha value is -6.02. The van der Waals surface area contributed by atoms with Crippen LogP contribution in [0.3, 0.4) is 0 Å². The molecular weight excluding hydrogens is 605 g/mol. The molecule has 0 unspecified atom stereocenters. The number of hydrogen-bond acceptors (Lipinski definition) is 0. The molecule has 0 saturated heterocycles. The first-order valence-electron chi connectivity index (χ1n) is 17.1. The average Bonchev–Trinajstić information content (AvgIpc) is 3.17. The molecule has 0 spiro atoms. The predicted octanol–water partition coefficient (Wildman–Crippen LogP) is 10.9. The lowest BCUT2D eigenvalue weighted by Gasteiger charge is -2.20. The van der Waals surface area contributed by atoms with Gasteiger partial charge in [-0.15, -0.1) is 0 Å². The fraction of sp³-hybridized carbons (Fsp3) is 0. The Morgan fingerprint density at radius 2 is 0.776 bits per heavy atom. The summed E-state index contributed by atoms with van der Waals surface area (Å²) >= 11 is 0. The van der Waals surface area contributed by atoms with E-state index in [2.05, 4.69) is 194 Å². The third kappa shape index (κ3) is 5.45. The van der Waals surface area contributed by atoms with Gasteiger partial charge in [0.25, 0.3) is 0 Å². The molecule has 0 radical (unpaired) electrons. The Kier molecular flexibility index (Phi) is 7.46. The fourth-order valence-electron chi connectivity index (χ4n) is 7.58. The summed E-state index contributed by atoms with van der Waals surface area (Å²) in [6.45, 7) is 0. The maximum atomic E-state index is 2.52. The van der Waals surface area contributed by atoms with E-state index in [1.165, 1.54) is 87.2 Å². The van der Waals surface area contributed by atoms with E-state index in [4.69, 9.17) is 0 Å². The van der Waals surface area contributed by atoms with Crippen molar-refractivity contribution >= 4 is 52.2 Å². The molecule has 1 heteroatoms. The van der Waals surface area contributed by atoms with Gasteiger partial charge in [-0.1, -0.05) is 186 Å². The Morgan fingerprint density at radius 3 is 1.45 bits per heavy atom. The van der Waals surface area contributed by atoms with Gasteiger partial charge in [-0.25, -0.2) is 0 Å². The van der Waals surface area contributed by atoms with Gasteiger partial charge in [0.2, 0.25) is 0 Å². The van der Waals surface area contributed by atoms with Crippen LogP contribution in [0.5, 0.6) is 0 Å². The highest BCUT2D eigenvalue weighted by Gasteiger charge is 2.20. The Bertz CT molecular complexity index is 2540. The maximum absolute atomic E-state index is 2.52. The van der Waals surface area contributed by atoms with Crippen molar-refractivity contribution in [2.24, 2.45) is 0 Å². The molecule has 0 atom stereocenters. The summed E-state index contributed by atoms with van der Waals surface area (Å²) < 4.78 is 0. The van der Waals surface area contributed by atoms with Crippen molar-refractivity contribution in [3.05, 3.63) is 194 Å². The summed E-state index contributed by atoms with van der Waals surface area (Å²) in [4.78, 5) is 0. The van der Waals surface area contributed by atoms with E-state index < -0.39 is 9.52 Å². The highest BCUT2D eigenvalue weighted by Crippen LogP contribution is 2.46. The van der Waals surface area contributed by atoms with Crippen molar-refractivity contribution in [2.45, 2.75) is 0 Å². The van der Waals surface area contributed by atoms with Crippen LogP contribution in [0.15, 0.2) is 194 Å². The van der Waals surface area contributed by atoms with E-state index in [1.54, 1.807) is 0 Å². The molecule has 0 aliphatic carbocycles. The molecule has 0 fully saturated rings. The summed E-state index contributed by atoms with van der Waals surface area (Å²) in [5.74, 6) is 0. The summed E-state index contributed by atoms with van der Waals surface area (Å²) in [6, 6.07) is 71.7. The lowest BCUT2D eigenvalue weighted by Crippen LogP contribution is -2.26. The molecule has 9 aromatic carbocycles. The zero-order chi connectivity index (χ0) is 32.6. The second-order valence-electron chi connectivity index (χ2n) is 12.9. The third-order valence-corrected chi connectivity index (χ3v) is 11.6. The van der Waals surface area contributed by atoms with Crippen LogP contribution in [0.25, 0.3) is 76.8 Å². The van der Waals surface area contributed by atoms with Crippen molar-refractivity contribution in [2.75, 3.05) is 0 Å². The van der Waals surface area contributed by atoms with Gasteiger partial charge in [-0.3, -0.25) is 0 Å². The molecule has 0 nitrogen and oxygen atoms in total. The highest BCUT2D eigenvalue weighted by atomic mass is 28.2. The fourth-order valence-corrected chi connectivity index (χ4v) is 9.10. The second kappa shape index (κ2) is 12.5. The largest absolute Gasteiger partial charge is 0.0875 e. The van der Waals surface area contributed by atoms with Crippen LogP contribution in [0.1, 0.15) is 0 Å². The quantitative estimate of drug-likeness (QED) is 0.126. The van der Waals surface area contributed by atoms with Crippen LogP contribution in [0.4, 0.5) is 0 Å². The average molecular weight is 639 g/mol. The smallest absolute Gasteiger partial charge is 0.0633 e. The molecule has 230 valence electrons. The maximum Gasteiger partial charge on any atom is 0.0875 e. The van der Waals surface area contributed by atoms with Crippen LogP contribution >= 0.6 is 0 Å². The van der Waals surface area contributed by atoms with Gasteiger partial charge in [0, 0.05) is 0 Å².